The Morgan fingerprint density at radius 3 is 2.75 bits per heavy atom. The molecule has 1 aromatic heterocycles. The predicted molar refractivity (Wildman–Crippen MR) is 77.8 cm³/mol. The van der Waals surface area contributed by atoms with Crippen molar-refractivity contribution >= 4 is 16.7 Å². The van der Waals surface area contributed by atoms with Crippen LogP contribution in [-0.2, 0) is 0 Å². The second-order valence-corrected chi connectivity index (χ2v) is 5.26. The lowest BCUT2D eigenvalue weighted by Crippen LogP contribution is -2.00. The monoisotopic (exact) mass is 267 g/mol. The van der Waals surface area contributed by atoms with Crippen LogP contribution in [0.5, 0.6) is 0 Å². The minimum Gasteiger partial charge on any atom is -0.398 e. The van der Waals surface area contributed by atoms with E-state index in [2.05, 4.69) is 15.6 Å². The van der Waals surface area contributed by atoms with Crippen LogP contribution in [-0.4, -0.2) is 9.55 Å². The Labute approximate surface area is 115 Å². The van der Waals surface area contributed by atoms with Crippen molar-refractivity contribution in [3.63, 3.8) is 0 Å². The predicted octanol–water partition coefficient (Wildman–Crippen LogP) is 3.76. The molecule has 3 nitrogen and oxygen atoms in total. The highest BCUT2D eigenvalue weighted by Crippen LogP contribution is 2.42. The van der Waals surface area contributed by atoms with E-state index >= 15 is 0 Å². The van der Waals surface area contributed by atoms with Crippen molar-refractivity contribution in [1.29, 1.82) is 0 Å². The summed E-state index contributed by atoms with van der Waals surface area (Å²) in [6.45, 7) is 0. The lowest BCUT2D eigenvalue weighted by molar-refractivity contribution is 0.628. The number of nitrogen functional groups attached to an aromatic ring is 1. The lowest BCUT2D eigenvalue weighted by Gasteiger charge is -2.09. The van der Waals surface area contributed by atoms with Crippen LogP contribution in [0.25, 0.3) is 22.4 Å². The van der Waals surface area contributed by atoms with Crippen molar-refractivity contribution in [3.05, 3.63) is 48.3 Å². The van der Waals surface area contributed by atoms with E-state index in [1.165, 1.54) is 12.1 Å². The summed E-state index contributed by atoms with van der Waals surface area (Å²) in [4.78, 5) is 4.66. The van der Waals surface area contributed by atoms with Gasteiger partial charge in [-0.05, 0) is 43.2 Å². The number of rotatable bonds is 2. The van der Waals surface area contributed by atoms with E-state index in [4.69, 9.17) is 5.73 Å². The Hall–Kier alpha value is -2.36. The van der Waals surface area contributed by atoms with Crippen LogP contribution in [0.4, 0.5) is 10.1 Å². The molecule has 1 heterocycles. The average Bonchev–Trinajstić information content (AvgIpc) is 3.21. The number of imidazole rings is 1. The summed E-state index contributed by atoms with van der Waals surface area (Å²) in [6.07, 6.45) is 2.28. The van der Waals surface area contributed by atoms with Crippen LogP contribution < -0.4 is 5.73 Å². The second-order valence-electron chi connectivity index (χ2n) is 5.26. The van der Waals surface area contributed by atoms with E-state index in [1.807, 2.05) is 18.2 Å². The molecule has 1 aliphatic rings. The summed E-state index contributed by atoms with van der Waals surface area (Å²) < 4.78 is 15.7. The molecule has 0 amide bonds. The van der Waals surface area contributed by atoms with Crippen molar-refractivity contribution in [1.82, 2.24) is 9.55 Å². The molecule has 2 aromatic carbocycles. The maximum atomic E-state index is 13.5. The smallest absolute Gasteiger partial charge is 0.143 e. The number of nitrogens with two attached hydrogens (primary N) is 1. The normalized spacial score (nSPS) is 14.8. The highest BCUT2D eigenvalue weighted by molar-refractivity contribution is 5.84. The third-order valence-corrected chi connectivity index (χ3v) is 3.76. The first-order valence-electron chi connectivity index (χ1n) is 6.76. The Kier molecular flexibility index (Phi) is 2.33. The van der Waals surface area contributed by atoms with Gasteiger partial charge in [-0.1, -0.05) is 12.1 Å². The zero-order valence-electron chi connectivity index (χ0n) is 10.9. The minimum atomic E-state index is -0.288. The van der Waals surface area contributed by atoms with Gasteiger partial charge in [0.25, 0.3) is 0 Å². The van der Waals surface area contributed by atoms with Gasteiger partial charge in [0.2, 0.25) is 0 Å². The van der Waals surface area contributed by atoms with Crippen LogP contribution >= 0.6 is 0 Å². The van der Waals surface area contributed by atoms with Gasteiger partial charge in [-0.25, -0.2) is 9.37 Å². The first kappa shape index (κ1) is 11.5. The zero-order chi connectivity index (χ0) is 13.7. The molecule has 0 bridgehead atoms. The summed E-state index contributed by atoms with van der Waals surface area (Å²) in [5.74, 6) is 0.481. The molecule has 3 aromatic rings. The minimum absolute atomic E-state index is 0.288. The summed E-state index contributed by atoms with van der Waals surface area (Å²) in [5, 5.41) is 0. The molecule has 4 rings (SSSR count). The molecule has 0 aliphatic heterocycles. The molecule has 1 aliphatic carbocycles. The first-order valence-corrected chi connectivity index (χ1v) is 6.76. The number of halogens is 1. The number of anilines is 1. The van der Waals surface area contributed by atoms with E-state index < -0.39 is 0 Å². The topological polar surface area (TPSA) is 43.8 Å². The molecule has 20 heavy (non-hydrogen) atoms. The molecule has 100 valence electrons. The van der Waals surface area contributed by atoms with E-state index in [0.717, 1.165) is 29.7 Å². The third-order valence-electron chi connectivity index (χ3n) is 3.76. The molecular weight excluding hydrogens is 253 g/mol. The zero-order valence-corrected chi connectivity index (χ0v) is 10.9. The third kappa shape index (κ3) is 1.68. The fraction of sp³-hybridized carbons (Fsp3) is 0.188. The highest BCUT2D eigenvalue weighted by atomic mass is 19.1. The number of aromatic nitrogens is 2. The lowest BCUT2D eigenvalue weighted by atomic mass is 10.1. The number of nitrogens with zero attached hydrogens (tertiary/aromatic N) is 2. The SMILES string of the molecule is Nc1ccc(F)cc1-c1nc2ccccc2n1C1CC1. The maximum absolute atomic E-state index is 13.5. The molecule has 0 radical (unpaired) electrons. The Bertz CT molecular complexity index is 803. The first-order chi connectivity index (χ1) is 9.74. The molecule has 0 unspecified atom stereocenters. The molecule has 1 saturated carbocycles. The maximum Gasteiger partial charge on any atom is 0.143 e. The Balaban J connectivity index is 2.03. The fourth-order valence-electron chi connectivity index (χ4n) is 2.66. The van der Waals surface area contributed by atoms with Crippen LogP contribution in [0.1, 0.15) is 18.9 Å². The molecule has 0 saturated heterocycles. The van der Waals surface area contributed by atoms with E-state index in [0.29, 0.717) is 17.3 Å². The van der Waals surface area contributed by atoms with Crippen LogP contribution in [0.15, 0.2) is 42.5 Å². The Morgan fingerprint density at radius 2 is 1.95 bits per heavy atom. The number of fused-ring (bicyclic) bond motifs is 1. The van der Waals surface area contributed by atoms with Crippen molar-refractivity contribution in [2.24, 2.45) is 0 Å². The van der Waals surface area contributed by atoms with Gasteiger partial charge in [0, 0.05) is 17.3 Å². The summed E-state index contributed by atoms with van der Waals surface area (Å²) >= 11 is 0. The van der Waals surface area contributed by atoms with Gasteiger partial charge >= 0.3 is 0 Å². The summed E-state index contributed by atoms with van der Waals surface area (Å²) in [7, 11) is 0. The van der Waals surface area contributed by atoms with Crippen molar-refractivity contribution in [2.45, 2.75) is 18.9 Å². The molecular formula is C16H14FN3. The highest BCUT2D eigenvalue weighted by Gasteiger charge is 2.29. The van der Waals surface area contributed by atoms with Crippen LogP contribution in [0, 0.1) is 5.82 Å². The molecule has 4 heteroatoms. The average molecular weight is 267 g/mol. The molecule has 2 N–H and O–H groups in total. The molecule has 0 atom stereocenters. The molecule has 1 fully saturated rings. The summed E-state index contributed by atoms with van der Waals surface area (Å²) in [6, 6.07) is 12.9. The fourth-order valence-corrected chi connectivity index (χ4v) is 2.66. The largest absolute Gasteiger partial charge is 0.398 e. The number of para-hydroxylation sites is 2. The number of benzene rings is 2. The second kappa shape index (κ2) is 4.07. The van der Waals surface area contributed by atoms with Crippen molar-refractivity contribution in [3.8, 4) is 11.4 Å². The number of hydrogen-bond acceptors (Lipinski definition) is 2. The van der Waals surface area contributed by atoms with Gasteiger partial charge in [-0.15, -0.1) is 0 Å². The van der Waals surface area contributed by atoms with Gasteiger partial charge in [0.15, 0.2) is 0 Å². The standard InChI is InChI=1S/C16H14FN3/c17-10-5-8-13(18)12(9-10)16-19-14-3-1-2-4-15(14)20(16)11-6-7-11/h1-5,8-9,11H,6-7,18H2. The quantitative estimate of drug-likeness (QED) is 0.718. The van der Waals surface area contributed by atoms with E-state index in [9.17, 15) is 4.39 Å². The van der Waals surface area contributed by atoms with Crippen molar-refractivity contribution < 1.29 is 4.39 Å². The molecule has 0 spiro atoms. The van der Waals surface area contributed by atoms with Gasteiger partial charge in [-0.2, -0.15) is 0 Å². The van der Waals surface area contributed by atoms with Crippen LogP contribution in [0.2, 0.25) is 0 Å². The van der Waals surface area contributed by atoms with Crippen molar-refractivity contribution in [2.75, 3.05) is 5.73 Å². The van der Waals surface area contributed by atoms with E-state index in [-0.39, 0.29) is 5.82 Å². The van der Waals surface area contributed by atoms with Gasteiger partial charge < -0.3 is 10.3 Å². The van der Waals surface area contributed by atoms with Gasteiger partial charge in [-0.3, -0.25) is 0 Å². The van der Waals surface area contributed by atoms with Gasteiger partial charge in [0.1, 0.15) is 11.6 Å². The van der Waals surface area contributed by atoms with Gasteiger partial charge in [0.05, 0.1) is 11.0 Å². The van der Waals surface area contributed by atoms with E-state index in [1.54, 1.807) is 6.07 Å². The number of hydrogen-bond donors (Lipinski definition) is 1. The Morgan fingerprint density at radius 1 is 1.15 bits per heavy atom. The van der Waals surface area contributed by atoms with Crippen LogP contribution in [0.3, 0.4) is 0 Å². The summed E-state index contributed by atoms with van der Waals surface area (Å²) in [5.41, 5.74) is 9.27.